The standard InChI is InChI=1S/C18H16ClNO5/c19-13-4-2-1-3-12(13)14-5-6-15(24-14)16(21)20-9-7-18(8-10-20)11-23-17(22)25-18/h1-6H,7-11H2. The maximum atomic E-state index is 12.7. The van der Waals surface area contributed by atoms with Crippen LogP contribution in [-0.2, 0) is 9.47 Å². The lowest BCUT2D eigenvalue weighted by atomic mass is 9.92. The molecule has 0 N–H and O–H groups in total. The van der Waals surface area contributed by atoms with E-state index in [2.05, 4.69) is 0 Å². The van der Waals surface area contributed by atoms with Crippen LogP contribution in [0.4, 0.5) is 4.79 Å². The van der Waals surface area contributed by atoms with E-state index in [0.29, 0.717) is 36.7 Å². The van der Waals surface area contributed by atoms with Crippen molar-refractivity contribution in [2.45, 2.75) is 18.4 Å². The lowest BCUT2D eigenvalue weighted by Gasteiger charge is -2.35. The number of cyclic esters (lactones) is 1. The highest BCUT2D eigenvalue weighted by Crippen LogP contribution is 2.33. The molecule has 2 fully saturated rings. The summed E-state index contributed by atoms with van der Waals surface area (Å²) in [5.74, 6) is 0.643. The second kappa shape index (κ2) is 6.11. The third-order valence-corrected chi connectivity index (χ3v) is 5.00. The Morgan fingerprint density at radius 3 is 2.56 bits per heavy atom. The van der Waals surface area contributed by atoms with E-state index in [4.69, 9.17) is 25.5 Å². The summed E-state index contributed by atoms with van der Waals surface area (Å²) < 4.78 is 15.9. The van der Waals surface area contributed by atoms with Crippen molar-refractivity contribution in [1.29, 1.82) is 0 Å². The molecule has 2 saturated heterocycles. The number of rotatable bonds is 2. The largest absolute Gasteiger partial charge is 0.509 e. The van der Waals surface area contributed by atoms with Gasteiger partial charge in [0.1, 0.15) is 12.4 Å². The molecule has 0 bridgehead atoms. The van der Waals surface area contributed by atoms with Crippen LogP contribution in [0.25, 0.3) is 11.3 Å². The number of hydrogen-bond acceptors (Lipinski definition) is 5. The van der Waals surface area contributed by atoms with E-state index in [1.807, 2.05) is 18.2 Å². The normalized spacial score (nSPS) is 18.9. The fourth-order valence-electron chi connectivity index (χ4n) is 3.20. The number of hydrogen-bond donors (Lipinski definition) is 0. The number of ether oxygens (including phenoxy) is 2. The van der Waals surface area contributed by atoms with E-state index in [0.717, 1.165) is 5.56 Å². The second-order valence-electron chi connectivity index (χ2n) is 6.26. The van der Waals surface area contributed by atoms with Crippen molar-refractivity contribution in [1.82, 2.24) is 4.90 Å². The highest BCUT2D eigenvalue weighted by Gasteiger charge is 2.45. The molecule has 0 aliphatic carbocycles. The zero-order chi connectivity index (χ0) is 17.4. The molecule has 0 unspecified atom stereocenters. The van der Waals surface area contributed by atoms with Gasteiger partial charge in [-0.1, -0.05) is 23.7 Å². The molecule has 7 heteroatoms. The number of nitrogens with zero attached hydrogens (tertiary/aromatic N) is 1. The van der Waals surface area contributed by atoms with Gasteiger partial charge in [0.2, 0.25) is 0 Å². The Morgan fingerprint density at radius 2 is 1.88 bits per heavy atom. The monoisotopic (exact) mass is 361 g/mol. The minimum absolute atomic E-state index is 0.182. The molecule has 1 amide bonds. The maximum absolute atomic E-state index is 12.7. The molecule has 6 nitrogen and oxygen atoms in total. The third-order valence-electron chi connectivity index (χ3n) is 4.67. The molecule has 2 aliphatic heterocycles. The molecule has 1 aromatic carbocycles. The third kappa shape index (κ3) is 2.98. The van der Waals surface area contributed by atoms with Crippen molar-refractivity contribution in [3.05, 3.63) is 47.2 Å². The first-order valence-electron chi connectivity index (χ1n) is 8.06. The topological polar surface area (TPSA) is 69.0 Å². The number of benzene rings is 1. The molecule has 2 aliphatic rings. The van der Waals surface area contributed by atoms with Crippen molar-refractivity contribution < 1.29 is 23.5 Å². The minimum atomic E-state index is -0.629. The van der Waals surface area contributed by atoms with Gasteiger partial charge in [-0.05, 0) is 24.3 Å². The quantitative estimate of drug-likeness (QED) is 0.762. The summed E-state index contributed by atoms with van der Waals surface area (Å²) in [4.78, 5) is 25.5. The van der Waals surface area contributed by atoms with Crippen LogP contribution in [0.15, 0.2) is 40.8 Å². The second-order valence-corrected chi connectivity index (χ2v) is 6.67. The Kier molecular flexibility index (Phi) is 3.92. The molecule has 1 spiro atoms. The van der Waals surface area contributed by atoms with Gasteiger partial charge in [0.05, 0.1) is 5.02 Å². The molecule has 4 rings (SSSR count). The van der Waals surface area contributed by atoms with Gasteiger partial charge in [-0.2, -0.15) is 0 Å². The van der Waals surface area contributed by atoms with Crippen LogP contribution in [0.3, 0.4) is 0 Å². The molecule has 0 saturated carbocycles. The summed E-state index contributed by atoms with van der Waals surface area (Å²) in [6, 6.07) is 10.7. The predicted molar refractivity (Wildman–Crippen MR) is 89.5 cm³/mol. The fraction of sp³-hybridized carbons (Fsp3) is 0.333. The molecule has 3 heterocycles. The Morgan fingerprint density at radius 1 is 1.12 bits per heavy atom. The van der Waals surface area contributed by atoms with Gasteiger partial charge in [-0.25, -0.2) is 4.79 Å². The van der Waals surface area contributed by atoms with Gasteiger partial charge in [-0.15, -0.1) is 0 Å². The van der Waals surface area contributed by atoms with Crippen molar-refractivity contribution >= 4 is 23.7 Å². The highest BCUT2D eigenvalue weighted by molar-refractivity contribution is 6.33. The molecule has 25 heavy (non-hydrogen) atoms. The first-order chi connectivity index (χ1) is 12.1. The van der Waals surface area contributed by atoms with E-state index in [1.165, 1.54) is 0 Å². The predicted octanol–water partition coefficient (Wildman–Crippen LogP) is 3.74. The van der Waals surface area contributed by atoms with E-state index < -0.39 is 11.8 Å². The minimum Gasteiger partial charge on any atom is -0.451 e. The Bertz CT molecular complexity index is 822. The number of likely N-dealkylation sites (tertiary alicyclic amines) is 1. The van der Waals surface area contributed by atoms with Gasteiger partial charge in [0.15, 0.2) is 11.4 Å². The van der Waals surface area contributed by atoms with Crippen LogP contribution < -0.4 is 0 Å². The number of halogens is 1. The lowest BCUT2D eigenvalue weighted by Crippen LogP contribution is -2.48. The van der Waals surface area contributed by atoms with Gasteiger partial charge in [0.25, 0.3) is 5.91 Å². The number of carbonyl (C=O) groups is 2. The molecule has 130 valence electrons. The Hall–Kier alpha value is -2.47. The zero-order valence-electron chi connectivity index (χ0n) is 13.4. The summed E-state index contributed by atoms with van der Waals surface area (Å²) in [6.07, 6.45) is 0.487. The molecule has 2 aromatic rings. The number of furan rings is 1. The van der Waals surface area contributed by atoms with Gasteiger partial charge in [0, 0.05) is 31.5 Å². The van der Waals surface area contributed by atoms with E-state index >= 15 is 0 Å². The number of piperidine rings is 1. The molecular weight excluding hydrogens is 346 g/mol. The van der Waals surface area contributed by atoms with Crippen LogP contribution in [0.5, 0.6) is 0 Å². The van der Waals surface area contributed by atoms with Crippen LogP contribution in [0, 0.1) is 0 Å². The number of amides is 1. The van der Waals surface area contributed by atoms with Crippen molar-refractivity contribution in [3.8, 4) is 11.3 Å². The summed E-state index contributed by atoms with van der Waals surface area (Å²) in [5, 5.41) is 0.568. The van der Waals surface area contributed by atoms with Crippen molar-refractivity contribution in [2.24, 2.45) is 0 Å². The summed E-state index contributed by atoms with van der Waals surface area (Å²) in [6.45, 7) is 1.22. The van der Waals surface area contributed by atoms with E-state index in [-0.39, 0.29) is 18.3 Å². The number of carbonyl (C=O) groups excluding carboxylic acids is 2. The lowest BCUT2D eigenvalue weighted by molar-refractivity contribution is 0.00196. The smallest absolute Gasteiger partial charge is 0.451 e. The van der Waals surface area contributed by atoms with E-state index in [9.17, 15) is 9.59 Å². The van der Waals surface area contributed by atoms with E-state index in [1.54, 1.807) is 23.1 Å². The fourth-order valence-corrected chi connectivity index (χ4v) is 3.43. The molecule has 0 radical (unpaired) electrons. The zero-order valence-corrected chi connectivity index (χ0v) is 14.1. The van der Waals surface area contributed by atoms with Crippen molar-refractivity contribution in [3.63, 3.8) is 0 Å². The summed E-state index contributed by atoms with van der Waals surface area (Å²) >= 11 is 6.17. The average Bonchev–Trinajstić information content (AvgIpc) is 3.23. The van der Waals surface area contributed by atoms with Crippen molar-refractivity contribution in [2.75, 3.05) is 19.7 Å². The molecule has 0 atom stereocenters. The van der Waals surface area contributed by atoms with Gasteiger partial charge < -0.3 is 18.8 Å². The van der Waals surface area contributed by atoms with Crippen LogP contribution in [-0.4, -0.2) is 42.3 Å². The average molecular weight is 362 g/mol. The van der Waals surface area contributed by atoms with Crippen LogP contribution >= 0.6 is 11.6 Å². The summed E-state index contributed by atoms with van der Waals surface area (Å²) in [7, 11) is 0. The molecule has 1 aromatic heterocycles. The summed E-state index contributed by atoms with van der Waals surface area (Å²) in [5.41, 5.74) is 0.163. The molecular formula is C18H16ClNO5. The SMILES string of the molecule is O=C1OCC2(CCN(C(=O)c3ccc(-c4ccccc4Cl)o3)CC2)O1. The first kappa shape index (κ1) is 16.0. The Balaban J connectivity index is 1.46. The van der Waals surface area contributed by atoms with Crippen LogP contribution in [0.1, 0.15) is 23.4 Å². The van der Waals surface area contributed by atoms with Crippen LogP contribution in [0.2, 0.25) is 5.02 Å². The first-order valence-corrected chi connectivity index (χ1v) is 8.44. The van der Waals surface area contributed by atoms with Gasteiger partial charge >= 0.3 is 6.16 Å². The Labute approximate surface area is 149 Å². The van der Waals surface area contributed by atoms with Gasteiger partial charge in [-0.3, -0.25) is 4.79 Å². The maximum Gasteiger partial charge on any atom is 0.509 e. The highest BCUT2D eigenvalue weighted by atomic mass is 35.5.